The summed E-state index contributed by atoms with van der Waals surface area (Å²) in [5.41, 5.74) is 4.82. The normalized spacial score (nSPS) is 27.8. The molecule has 2 fully saturated rings. The first-order chi connectivity index (χ1) is 9.51. The lowest BCUT2D eigenvalue weighted by molar-refractivity contribution is -0.133. The first-order valence-electron chi connectivity index (χ1n) is 7.41. The molecule has 2 rings (SSSR count). The van der Waals surface area contributed by atoms with Crippen molar-refractivity contribution in [1.29, 1.82) is 0 Å². The number of rotatable bonds is 5. The Labute approximate surface area is 120 Å². The molecule has 2 aliphatic rings. The predicted molar refractivity (Wildman–Crippen MR) is 75.0 cm³/mol. The summed E-state index contributed by atoms with van der Waals surface area (Å²) in [6.45, 7) is 5.32. The second kappa shape index (κ2) is 6.54. The lowest BCUT2D eigenvalue weighted by Gasteiger charge is -2.24. The van der Waals surface area contributed by atoms with Gasteiger partial charge in [0.25, 0.3) is 0 Å². The molecule has 6 nitrogen and oxygen atoms in total. The van der Waals surface area contributed by atoms with Gasteiger partial charge in [-0.1, -0.05) is 0 Å². The summed E-state index contributed by atoms with van der Waals surface area (Å²) in [7, 11) is 0. The molecule has 114 valence electrons. The van der Waals surface area contributed by atoms with Crippen molar-refractivity contribution in [3.63, 3.8) is 0 Å². The SMILES string of the molecule is CC1(C(N)=O)CCN(C(=O)CCOC2CCNCC2)C1. The van der Waals surface area contributed by atoms with Gasteiger partial charge in [0.2, 0.25) is 11.8 Å². The number of amides is 2. The van der Waals surface area contributed by atoms with E-state index < -0.39 is 5.41 Å². The Morgan fingerprint density at radius 3 is 2.70 bits per heavy atom. The third-order valence-corrected chi connectivity index (χ3v) is 4.38. The Kier molecular flexibility index (Phi) is 4.99. The van der Waals surface area contributed by atoms with Crippen LogP contribution in [0.2, 0.25) is 0 Å². The number of nitrogens with two attached hydrogens (primary N) is 1. The van der Waals surface area contributed by atoms with Gasteiger partial charge in [-0.25, -0.2) is 0 Å². The topological polar surface area (TPSA) is 84.7 Å². The van der Waals surface area contributed by atoms with E-state index in [-0.39, 0.29) is 17.9 Å². The van der Waals surface area contributed by atoms with Crippen molar-refractivity contribution in [2.75, 3.05) is 32.8 Å². The molecular formula is C14H25N3O3. The van der Waals surface area contributed by atoms with E-state index in [4.69, 9.17) is 10.5 Å². The molecule has 1 unspecified atom stereocenters. The van der Waals surface area contributed by atoms with Crippen molar-refractivity contribution in [2.24, 2.45) is 11.1 Å². The molecule has 0 aromatic carbocycles. The molecule has 6 heteroatoms. The molecule has 0 aromatic heterocycles. The van der Waals surface area contributed by atoms with Crippen molar-refractivity contribution in [3.8, 4) is 0 Å². The van der Waals surface area contributed by atoms with Crippen molar-refractivity contribution >= 4 is 11.8 Å². The zero-order valence-electron chi connectivity index (χ0n) is 12.2. The number of primary amides is 1. The molecule has 2 saturated heterocycles. The molecule has 2 aliphatic heterocycles. The number of carbonyl (C=O) groups is 2. The van der Waals surface area contributed by atoms with Crippen LogP contribution in [0.15, 0.2) is 0 Å². The van der Waals surface area contributed by atoms with E-state index in [0.717, 1.165) is 25.9 Å². The fourth-order valence-electron chi connectivity index (χ4n) is 2.81. The van der Waals surface area contributed by atoms with Crippen molar-refractivity contribution in [2.45, 2.75) is 38.7 Å². The van der Waals surface area contributed by atoms with Gasteiger partial charge >= 0.3 is 0 Å². The molecule has 20 heavy (non-hydrogen) atoms. The minimum absolute atomic E-state index is 0.0592. The quantitative estimate of drug-likeness (QED) is 0.736. The van der Waals surface area contributed by atoms with Crippen LogP contribution in [0.25, 0.3) is 0 Å². The monoisotopic (exact) mass is 283 g/mol. The van der Waals surface area contributed by atoms with Gasteiger partial charge < -0.3 is 20.7 Å². The molecule has 3 N–H and O–H groups in total. The second-order valence-electron chi connectivity index (χ2n) is 6.06. The highest BCUT2D eigenvalue weighted by Crippen LogP contribution is 2.29. The average Bonchev–Trinajstić information content (AvgIpc) is 2.84. The Balaban J connectivity index is 1.69. The molecule has 0 spiro atoms. The fraction of sp³-hybridized carbons (Fsp3) is 0.857. The third-order valence-electron chi connectivity index (χ3n) is 4.38. The average molecular weight is 283 g/mol. The smallest absolute Gasteiger partial charge is 0.225 e. The van der Waals surface area contributed by atoms with E-state index in [1.807, 2.05) is 6.92 Å². The van der Waals surface area contributed by atoms with Crippen LogP contribution in [0.5, 0.6) is 0 Å². The van der Waals surface area contributed by atoms with E-state index in [1.165, 1.54) is 0 Å². The fourth-order valence-corrected chi connectivity index (χ4v) is 2.81. The highest BCUT2D eigenvalue weighted by molar-refractivity contribution is 5.83. The lowest BCUT2D eigenvalue weighted by Crippen LogP contribution is -2.39. The minimum atomic E-state index is -0.564. The van der Waals surface area contributed by atoms with Crippen LogP contribution < -0.4 is 11.1 Å². The number of piperidine rings is 1. The summed E-state index contributed by atoms with van der Waals surface area (Å²) in [4.78, 5) is 25.2. The zero-order valence-corrected chi connectivity index (χ0v) is 12.2. The Bertz CT molecular complexity index is 369. The largest absolute Gasteiger partial charge is 0.378 e. The standard InChI is InChI=1S/C14H25N3O3/c1-14(13(15)19)5-8-17(10-14)12(18)4-9-20-11-2-6-16-7-3-11/h11,16H,2-10H2,1H3,(H2,15,19). The summed E-state index contributed by atoms with van der Waals surface area (Å²) in [5.74, 6) is -0.261. The van der Waals surface area contributed by atoms with E-state index in [1.54, 1.807) is 4.90 Å². The van der Waals surface area contributed by atoms with E-state index in [2.05, 4.69) is 5.32 Å². The number of nitrogens with zero attached hydrogens (tertiary/aromatic N) is 1. The van der Waals surface area contributed by atoms with Gasteiger partial charge in [0, 0.05) is 13.1 Å². The minimum Gasteiger partial charge on any atom is -0.378 e. The van der Waals surface area contributed by atoms with E-state index >= 15 is 0 Å². The van der Waals surface area contributed by atoms with Crippen molar-refractivity contribution < 1.29 is 14.3 Å². The van der Waals surface area contributed by atoms with Gasteiger partial charge in [-0.15, -0.1) is 0 Å². The maximum Gasteiger partial charge on any atom is 0.225 e. The number of ether oxygens (including phenoxy) is 1. The summed E-state index contributed by atoms with van der Waals surface area (Å²) in [6, 6.07) is 0. The molecule has 0 aliphatic carbocycles. The highest BCUT2D eigenvalue weighted by Gasteiger charge is 2.40. The summed E-state index contributed by atoms with van der Waals surface area (Å²) >= 11 is 0. The van der Waals surface area contributed by atoms with Crippen LogP contribution >= 0.6 is 0 Å². The number of carbonyl (C=O) groups excluding carboxylic acids is 2. The van der Waals surface area contributed by atoms with Crippen LogP contribution in [-0.2, 0) is 14.3 Å². The molecule has 2 heterocycles. The Morgan fingerprint density at radius 1 is 1.40 bits per heavy atom. The van der Waals surface area contributed by atoms with Crippen LogP contribution in [0, 0.1) is 5.41 Å². The third kappa shape index (κ3) is 3.70. The van der Waals surface area contributed by atoms with Gasteiger partial charge in [-0.3, -0.25) is 9.59 Å². The van der Waals surface area contributed by atoms with Gasteiger partial charge in [-0.05, 0) is 39.3 Å². The van der Waals surface area contributed by atoms with Crippen LogP contribution in [0.3, 0.4) is 0 Å². The van der Waals surface area contributed by atoms with Gasteiger partial charge in [-0.2, -0.15) is 0 Å². The molecule has 0 bridgehead atoms. The Morgan fingerprint density at radius 2 is 2.10 bits per heavy atom. The van der Waals surface area contributed by atoms with E-state index in [9.17, 15) is 9.59 Å². The van der Waals surface area contributed by atoms with Crippen LogP contribution in [0.1, 0.15) is 32.6 Å². The molecule has 2 amide bonds. The van der Waals surface area contributed by atoms with Gasteiger partial charge in [0.05, 0.1) is 24.5 Å². The molecule has 0 aromatic rings. The maximum absolute atomic E-state index is 12.1. The second-order valence-corrected chi connectivity index (χ2v) is 6.06. The number of nitrogens with one attached hydrogen (secondary N) is 1. The molecule has 0 radical (unpaired) electrons. The summed E-state index contributed by atoms with van der Waals surface area (Å²) in [6.07, 6.45) is 3.34. The first-order valence-corrected chi connectivity index (χ1v) is 7.41. The number of hydrogen-bond acceptors (Lipinski definition) is 4. The van der Waals surface area contributed by atoms with Crippen LogP contribution in [-0.4, -0.2) is 55.6 Å². The molecule has 0 saturated carbocycles. The van der Waals surface area contributed by atoms with Gasteiger partial charge in [0.1, 0.15) is 0 Å². The number of hydrogen-bond donors (Lipinski definition) is 2. The number of likely N-dealkylation sites (tertiary alicyclic amines) is 1. The molecule has 1 atom stereocenters. The summed E-state index contributed by atoms with van der Waals surface area (Å²) < 4.78 is 5.73. The highest BCUT2D eigenvalue weighted by atomic mass is 16.5. The molecular weight excluding hydrogens is 258 g/mol. The van der Waals surface area contributed by atoms with E-state index in [0.29, 0.717) is 32.5 Å². The van der Waals surface area contributed by atoms with Gasteiger partial charge in [0.15, 0.2) is 0 Å². The maximum atomic E-state index is 12.1. The zero-order chi connectivity index (χ0) is 14.6. The van der Waals surface area contributed by atoms with Crippen molar-refractivity contribution in [3.05, 3.63) is 0 Å². The summed E-state index contributed by atoms with van der Waals surface area (Å²) in [5, 5.41) is 3.28. The first kappa shape index (κ1) is 15.3. The lowest BCUT2D eigenvalue weighted by atomic mass is 9.89. The Hall–Kier alpha value is -1.14. The van der Waals surface area contributed by atoms with Crippen LogP contribution in [0.4, 0.5) is 0 Å². The predicted octanol–water partition coefficient (Wildman–Crippen LogP) is -0.131. The van der Waals surface area contributed by atoms with Crippen molar-refractivity contribution in [1.82, 2.24) is 10.2 Å².